The first-order valence-electron chi connectivity index (χ1n) is 7.21. The number of benzene rings is 1. The minimum absolute atomic E-state index is 0.735. The predicted molar refractivity (Wildman–Crippen MR) is 88.3 cm³/mol. The van der Waals surface area contributed by atoms with Gasteiger partial charge < -0.3 is 4.74 Å². The third-order valence-corrected chi connectivity index (χ3v) is 7.65. The van der Waals surface area contributed by atoms with Crippen LogP contribution in [0.2, 0.25) is 6.04 Å². The Kier molecular flexibility index (Phi) is 7.89. The van der Waals surface area contributed by atoms with E-state index in [4.69, 9.17) is 26.9 Å². The number of unbranched alkanes of at least 4 members (excludes halogenated alkanes) is 3. The molecule has 0 aliphatic rings. The first kappa shape index (κ1) is 16.9. The summed E-state index contributed by atoms with van der Waals surface area (Å²) in [6, 6.07) is 8.92. The Morgan fingerprint density at radius 2 is 1.84 bits per heavy atom. The molecule has 0 radical (unpaired) electrons. The number of hydrogen-bond acceptors (Lipinski definition) is 1. The van der Waals surface area contributed by atoms with E-state index in [0.29, 0.717) is 0 Å². The Hall–Kier alpha value is -0.183. The highest BCUT2D eigenvalue weighted by atomic mass is 35.7. The number of hydrogen-bond donors (Lipinski definition) is 0. The SMILES string of the molecule is CCCCCC[Si](Cl)(Cl)c1cccc(OCCC)c1. The Bertz CT molecular complexity index is 369. The van der Waals surface area contributed by atoms with E-state index in [-0.39, 0.29) is 0 Å². The molecule has 0 unspecified atom stereocenters. The van der Waals surface area contributed by atoms with Crippen LogP contribution < -0.4 is 9.92 Å². The first-order valence-corrected chi connectivity index (χ1v) is 11.4. The Labute approximate surface area is 127 Å². The first-order chi connectivity index (χ1) is 9.10. The Morgan fingerprint density at radius 3 is 2.53 bits per heavy atom. The van der Waals surface area contributed by atoms with E-state index < -0.39 is 6.69 Å². The lowest BCUT2D eigenvalue weighted by atomic mass is 10.2. The van der Waals surface area contributed by atoms with Crippen molar-refractivity contribution in [1.82, 2.24) is 0 Å². The van der Waals surface area contributed by atoms with Crippen LogP contribution in [0, 0.1) is 0 Å². The van der Waals surface area contributed by atoms with Crippen LogP contribution >= 0.6 is 22.2 Å². The molecule has 0 atom stereocenters. The molecular weight excluding hydrogens is 295 g/mol. The third kappa shape index (κ3) is 6.20. The summed E-state index contributed by atoms with van der Waals surface area (Å²) in [6.07, 6.45) is 5.84. The molecule has 0 aromatic heterocycles. The lowest BCUT2D eigenvalue weighted by Crippen LogP contribution is -2.36. The molecule has 0 saturated carbocycles. The standard InChI is InChI=1S/C15H24Cl2OSi/c1-3-5-6-7-12-19(16,17)15-10-8-9-14(13-15)18-11-4-2/h8-10,13H,3-7,11-12H2,1-2H3. The molecule has 0 aliphatic heterocycles. The molecular formula is C15H24Cl2OSi. The van der Waals surface area contributed by atoms with Gasteiger partial charge in [0.2, 0.25) is 0 Å². The van der Waals surface area contributed by atoms with Gasteiger partial charge in [-0.25, -0.2) is 0 Å². The van der Waals surface area contributed by atoms with Crippen LogP contribution in [0.15, 0.2) is 24.3 Å². The molecule has 0 heterocycles. The van der Waals surface area contributed by atoms with Gasteiger partial charge in [0.1, 0.15) is 5.75 Å². The van der Waals surface area contributed by atoms with Gasteiger partial charge in [-0.1, -0.05) is 51.7 Å². The van der Waals surface area contributed by atoms with Gasteiger partial charge in [0.25, 0.3) is 6.69 Å². The molecule has 1 aromatic carbocycles. The van der Waals surface area contributed by atoms with E-state index in [1.54, 1.807) is 0 Å². The van der Waals surface area contributed by atoms with Crippen LogP contribution in [0.25, 0.3) is 0 Å². The van der Waals surface area contributed by atoms with Crippen molar-refractivity contribution in [2.45, 2.75) is 52.0 Å². The Morgan fingerprint density at radius 1 is 1.05 bits per heavy atom. The van der Waals surface area contributed by atoms with Crippen molar-refractivity contribution >= 4 is 34.0 Å². The van der Waals surface area contributed by atoms with Gasteiger partial charge >= 0.3 is 0 Å². The molecule has 108 valence electrons. The van der Waals surface area contributed by atoms with Gasteiger partial charge in [-0.2, -0.15) is 0 Å². The lowest BCUT2D eigenvalue weighted by molar-refractivity contribution is 0.317. The maximum atomic E-state index is 6.60. The normalized spacial score (nSPS) is 11.6. The fraction of sp³-hybridized carbons (Fsp3) is 0.600. The van der Waals surface area contributed by atoms with Crippen LogP contribution in [0.1, 0.15) is 46.0 Å². The van der Waals surface area contributed by atoms with E-state index in [0.717, 1.165) is 36.4 Å². The van der Waals surface area contributed by atoms with Crippen molar-refractivity contribution in [3.8, 4) is 5.75 Å². The smallest absolute Gasteiger partial charge is 0.280 e. The van der Waals surface area contributed by atoms with Gasteiger partial charge in [-0.3, -0.25) is 0 Å². The highest BCUT2D eigenvalue weighted by Gasteiger charge is 2.30. The monoisotopic (exact) mass is 318 g/mol. The largest absolute Gasteiger partial charge is 0.494 e. The van der Waals surface area contributed by atoms with Crippen LogP contribution in [-0.4, -0.2) is 13.3 Å². The van der Waals surface area contributed by atoms with E-state index in [2.05, 4.69) is 13.8 Å². The average Bonchev–Trinajstić information content (AvgIpc) is 2.42. The highest BCUT2D eigenvalue weighted by molar-refractivity contribution is 7.51. The van der Waals surface area contributed by atoms with E-state index in [1.807, 2.05) is 24.3 Å². The van der Waals surface area contributed by atoms with Crippen molar-refractivity contribution in [2.75, 3.05) is 6.61 Å². The summed E-state index contributed by atoms with van der Waals surface area (Å²) < 4.78 is 5.64. The van der Waals surface area contributed by atoms with Crippen molar-refractivity contribution < 1.29 is 4.74 Å². The van der Waals surface area contributed by atoms with Gasteiger partial charge in [0, 0.05) is 0 Å². The summed E-state index contributed by atoms with van der Waals surface area (Å²) in [6.45, 7) is 2.71. The highest BCUT2D eigenvalue weighted by Crippen LogP contribution is 2.25. The summed E-state index contributed by atoms with van der Waals surface area (Å²) >= 11 is 13.2. The van der Waals surface area contributed by atoms with Gasteiger partial charge in [0.05, 0.1) is 6.61 Å². The zero-order chi connectivity index (χ0) is 14.1. The molecule has 0 aliphatic carbocycles. The quantitative estimate of drug-likeness (QED) is 0.346. The summed E-state index contributed by atoms with van der Waals surface area (Å²) in [5.41, 5.74) is 0. The zero-order valence-electron chi connectivity index (χ0n) is 11.9. The van der Waals surface area contributed by atoms with Crippen LogP contribution in [0.5, 0.6) is 5.75 Å². The van der Waals surface area contributed by atoms with Crippen LogP contribution in [0.3, 0.4) is 0 Å². The molecule has 1 rings (SSSR count). The zero-order valence-corrected chi connectivity index (χ0v) is 14.4. The molecule has 0 saturated heterocycles. The lowest BCUT2D eigenvalue weighted by Gasteiger charge is -2.18. The minimum Gasteiger partial charge on any atom is -0.494 e. The van der Waals surface area contributed by atoms with Crippen LogP contribution in [-0.2, 0) is 0 Å². The molecule has 0 spiro atoms. The number of halogens is 2. The van der Waals surface area contributed by atoms with Gasteiger partial charge in [-0.15, -0.1) is 22.2 Å². The molecule has 1 nitrogen and oxygen atoms in total. The minimum atomic E-state index is -2.34. The van der Waals surface area contributed by atoms with Crippen LogP contribution in [0.4, 0.5) is 0 Å². The number of ether oxygens (including phenoxy) is 1. The topological polar surface area (TPSA) is 9.23 Å². The average molecular weight is 319 g/mol. The molecule has 0 bridgehead atoms. The summed E-state index contributed by atoms with van der Waals surface area (Å²) in [5, 5.41) is 1.07. The van der Waals surface area contributed by atoms with Gasteiger partial charge in [0.15, 0.2) is 0 Å². The Balaban J connectivity index is 2.60. The molecule has 4 heteroatoms. The second-order valence-electron chi connectivity index (χ2n) is 4.89. The summed E-state index contributed by atoms with van der Waals surface area (Å²) in [4.78, 5) is 0. The third-order valence-electron chi connectivity index (χ3n) is 3.07. The molecule has 1 aromatic rings. The molecule has 0 fully saturated rings. The summed E-state index contributed by atoms with van der Waals surface area (Å²) in [5.74, 6) is 0.881. The predicted octanol–water partition coefficient (Wildman–Crippen LogP) is 5.18. The molecule has 19 heavy (non-hydrogen) atoms. The van der Waals surface area contributed by atoms with Crippen molar-refractivity contribution in [3.63, 3.8) is 0 Å². The van der Waals surface area contributed by atoms with Crippen molar-refractivity contribution in [1.29, 1.82) is 0 Å². The van der Waals surface area contributed by atoms with Crippen molar-refractivity contribution in [2.24, 2.45) is 0 Å². The van der Waals surface area contributed by atoms with E-state index >= 15 is 0 Å². The molecule has 0 amide bonds. The fourth-order valence-corrected chi connectivity index (χ4v) is 5.13. The van der Waals surface area contributed by atoms with E-state index in [9.17, 15) is 0 Å². The second-order valence-corrected chi connectivity index (χ2v) is 11.8. The van der Waals surface area contributed by atoms with Crippen molar-refractivity contribution in [3.05, 3.63) is 24.3 Å². The summed E-state index contributed by atoms with van der Waals surface area (Å²) in [7, 11) is 0. The maximum absolute atomic E-state index is 6.60. The maximum Gasteiger partial charge on any atom is 0.280 e. The second kappa shape index (κ2) is 8.88. The van der Waals surface area contributed by atoms with Gasteiger partial charge in [-0.05, 0) is 29.8 Å². The van der Waals surface area contributed by atoms with E-state index in [1.165, 1.54) is 19.3 Å². The molecule has 0 N–H and O–H groups in total. The fourth-order valence-electron chi connectivity index (χ4n) is 1.95. The number of rotatable bonds is 9.